The summed E-state index contributed by atoms with van der Waals surface area (Å²) in [7, 11) is 0. The molecule has 0 unspecified atom stereocenters. The van der Waals surface area contributed by atoms with E-state index in [2.05, 4.69) is 0 Å². The second kappa shape index (κ2) is 3.70. The first-order valence-corrected chi connectivity index (χ1v) is 3.99. The van der Waals surface area contributed by atoms with Crippen molar-refractivity contribution in [2.45, 2.75) is 19.4 Å². The summed E-state index contributed by atoms with van der Waals surface area (Å²) < 4.78 is 25.5. The van der Waals surface area contributed by atoms with Crippen LogP contribution in [0.1, 0.15) is 24.9 Å². The Morgan fingerprint density at radius 3 is 2.62 bits per heavy atom. The van der Waals surface area contributed by atoms with E-state index in [0.717, 1.165) is 6.07 Å². The van der Waals surface area contributed by atoms with Gasteiger partial charge in [-0.1, -0.05) is 6.92 Å². The minimum Gasteiger partial charge on any atom is -0.505 e. The molecular weight excluding hydrogens is 176 g/mol. The van der Waals surface area contributed by atoms with E-state index >= 15 is 0 Å². The summed E-state index contributed by atoms with van der Waals surface area (Å²) in [5, 5.41) is 9.20. The number of halogens is 2. The van der Waals surface area contributed by atoms with Crippen LogP contribution in [-0.2, 0) is 0 Å². The first kappa shape index (κ1) is 9.92. The summed E-state index contributed by atoms with van der Waals surface area (Å²) in [6, 6.07) is 1.14. The fourth-order valence-electron chi connectivity index (χ4n) is 1.09. The van der Waals surface area contributed by atoms with Crippen molar-refractivity contribution in [3.8, 4) is 5.75 Å². The van der Waals surface area contributed by atoms with Gasteiger partial charge in [0.25, 0.3) is 0 Å². The molecule has 2 nitrogen and oxygen atoms in total. The minimum absolute atomic E-state index is 0.111. The van der Waals surface area contributed by atoms with Crippen LogP contribution in [0, 0.1) is 11.6 Å². The van der Waals surface area contributed by atoms with E-state index in [1.54, 1.807) is 6.92 Å². The zero-order valence-electron chi connectivity index (χ0n) is 7.22. The molecule has 0 fully saturated rings. The number of aromatic hydroxyl groups is 1. The average molecular weight is 187 g/mol. The van der Waals surface area contributed by atoms with Crippen LogP contribution in [0.15, 0.2) is 12.1 Å². The predicted molar refractivity (Wildman–Crippen MR) is 45.2 cm³/mol. The fourth-order valence-corrected chi connectivity index (χ4v) is 1.09. The fraction of sp³-hybridized carbons (Fsp3) is 0.333. The van der Waals surface area contributed by atoms with Crippen LogP contribution in [0.3, 0.4) is 0 Å². The number of hydrogen-bond donors (Lipinski definition) is 2. The van der Waals surface area contributed by atoms with E-state index in [1.165, 1.54) is 0 Å². The lowest BCUT2D eigenvalue weighted by Crippen LogP contribution is -2.09. The summed E-state index contributed by atoms with van der Waals surface area (Å²) >= 11 is 0. The first-order chi connectivity index (χ1) is 6.06. The quantitative estimate of drug-likeness (QED) is 0.744. The topological polar surface area (TPSA) is 46.2 Å². The molecule has 0 aliphatic carbocycles. The summed E-state index contributed by atoms with van der Waals surface area (Å²) in [5.41, 5.74) is 5.65. The van der Waals surface area contributed by atoms with E-state index in [0.29, 0.717) is 12.5 Å². The van der Waals surface area contributed by atoms with Crippen molar-refractivity contribution in [3.63, 3.8) is 0 Å². The van der Waals surface area contributed by atoms with Gasteiger partial charge in [0.1, 0.15) is 5.82 Å². The molecular formula is C9H11F2NO. The lowest BCUT2D eigenvalue weighted by molar-refractivity contribution is 0.414. The maximum atomic E-state index is 12.8. The Kier molecular flexibility index (Phi) is 2.83. The molecule has 4 heteroatoms. The number of benzene rings is 1. The highest BCUT2D eigenvalue weighted by Crippen LogP contribution is 2.28. The van der Waals surface area contributed by atoms with Crippen molar-refractivity contribution in [1.29, 1.82) is 0 Å². The second-order valence-electron chi connectivity index (χ2n) is 2.84. The molecule has 1 aromatic rings. The lowest BCUT2D eigenvalue weighted by Gasteiger charge is -2.11. The summed E-state index contributed by atoms with van der Waals surface area (Å²) in [5.74, 6) is -2.26. The van der Waals surface area contributed by atoms with Gasteiger partial charge in [-0.2, -0.15) is 0 Å². The van der Waals surface area contributed by atoms with E-state index in [1.807, 2.05) is 0 Å². The van der Waals surface area contributed by atoms with E-state index in [-0.39, 0.29) is 5.56 Å². The Morgan fingerprint density at radius 2 is 2.08 bits per heavy atom. The Balaban J connectivity index is 3.20. The van der Waals surface area contributed by atoms with Crippen molar-refractivity contribution in [2.24, 2.45) is 5.73 Å². The largest absolute Gasteiger partial charge is 0.505 e. The standard InChI is InChI=1S/C9H11F2NO/c1-2-8(12)6-3-5(10)4-7(11)9(6)13/h3-4,8,13H,2,12H2,1H3/t8-/m0/s1. The molecule has 0 aliphatic rings. The summed E-state index contributed by atoms with van der Waals surface area (Å²) in [6.07, 6.45) is 0.510. The van der Waals surface area contributed by atoms with Gasteiger partial charge in [0.05, 0.1) is 0 Å². The molecule has 0 amide bonds. The Morgan fingerprint density at radius 1 is 1.46 bits per heavy atom. The number of nitrogens with two attached hydrogens (primary N) is 1. The summed E-state index contributed by atoms with van der Waals surface area (Å²) in [4.78, 5) is 0. The molecule has 0 spiro atoms. The van der Waals surface area contributed by atoms with Gasteiger partial charge in [0.2, 0.25) is 0 Å². The monoisotopic (exact) mass is 187 g/mol. The molecule has 0 aliphatic heterocycles. The van der Waals surface area contributed by atoms with Gasteiger partial charge >= 0.3 is 0 Å². The molecule has 1 aromatic carbocycles. The highest BCUT2D eigenvalue weighted by atomic mass is 19.1. The van der Waals surface area contributed by atoms with Crippen molar-refractivity contribution < 1.29 is 13.9 Å². The zero-order chi connectivity index (χ0) is 10.0. The van der Waals surface area contributed by atoms with Crippen LogP contribution >= 0.6 is 0 Å². The Bertz CT molecular complexity index is 315. The first-order valence-electron chi connectivity index (χ1n) is 3.99. The van der Waals surface area contributed by atoms with Gasteiger partial charge in [0.15, 0.2) is 11.6 Å². The third kappa shape index (κ3) is 1.95. The van der Waals surface area contributed by atoms with Crippen molar-refractivity contribution in [2.75, 3.05) is 0 Å². The SMILES string of the molecule is CC[C@H](N)c1cc(F)cc(F)c1O. The molecule has 0 heterocycles. The number of hydrogen-bond acceptors (Lipinski definition) is 2. The Labute approximate surface area is 75.0 Å². The van der Waals surface area contributed by atoms with Gasteiger partial charge in [-0.15, -0.1) is 0 Å². The van der Waals surface area contributed by atoms with Crippen LogP contribution in [0.4, 0.5) is 8.78 Å². The van der Waals surface area contributed by atoms with Gasteiger partial charge in [-0.3, -0.25) is 0 Å². The molecule has 1 rings (SSSR count). The van der Waals surface area contributed by atoms with Crippen LogP contribution in [-0.4, -0.2) is 5.11 Å². The molecule has 0 saturated carbocycles. The molecule has 0 bridgehead atoms. The minimum atomic E-state index is -0.973. The number of phenolic OH excluding ortho intramolecular Hbond substituents is 1. The highest BCUT2D eigenvalue weighted by Gasteiger charge is 2.14. The molecule has 3 N–H and O–H groups in total. The van der Waals surface area contributed by atoms with Crippen LogP contribution in [0.5, 0.6) is 5.75 Å². The van der Waals surface area contributed by atoms with Gasteiger partial charge in [-0.05, 0) is 12.5 Å². The Hall–Kier alpha value is -1.16. The summed E-state index contributed by atoms with van der Waals surface area (Å²) in [6.45, 7) is 1.77. The molecule has 0 saturated heterocycles. The third-order valence-electron chi connectivity index (χ3n) is 1.90. The van der Waals surface area contributed by atoms with E-state index in [4.69, 9.17) is 5.73 Å². The van der Waals surface area contributed by atoms with Gasteiger partial charge in [-0.25, -0.2) is 8.78 Å². The lowest BCUT2D eigenvalue weighted by atomic mass is 10.0. The van der Waals surface area contributed by atoms with E-state index < -0.39 is 23.4 Å². The van der Waals surface area contributed by atoms with Crippen molar-refractivity contribution in [3.05, 3.63) is 29.3 Å². The number of rotatable bonds is 2. The molecule has 0 radical (unpaired) electrons. The molecule has 1 atom stereocenters. The van der Waals surface area contributed by atoms with Crippen LogP contribution < -0.4 is 5.73 Å². The normalized spacial score (nSPS) is 12.9. The zero-order valence-corrected chi connectivity index (χ0v) is 7.22. The maximum absolute atomic E-state index is 12.8. The van der Waals surface area contributed by atoms with Crippen molar-refractivity contribution in [1.82, 2.24) is 0 Å². The van der Waals surface area contributed by atoms with Crippen LogP contribution in [0.2, 0.25) is 0 Å². The molecule has 72 valence electrons. The molecule has 13 heavy (non-hydrogen) atoms. The third-order valence-corrected chi connectivity index (χ3v) is 1.90. The van der Waals surface area contributed by atoms with Gasteiger partial charge in [0, 0.05) is 17.7 Å². The van der Waals surface area contributed by atoms with E-state index in [9.17, 15) is 13.9 Å². The predicted octanol–water partition coefficient (Wildman–Crippen LogP) is 2.08. The van der Waals surface area contributed by atoms with Gasteiger partial charge < -0.3 is 10.8 Å². The van der Waals surface area contributed by atoms with Crippen LogP contribution in [0.25, 0.3) is 0 Å². The second-order valence-corrected chi connectivity index (χ2v) is 2.84. The number of phenols is 1. The van der Waals surface area contributed by atoms with Crippen molar-refractivity contribution >= 4 is 0 Å². The smallest absolute Gasteiger partial charge is 0.168 e. The maximum Gasteiger partial charge on any atom is 0.168 e. The molecule has 0 aromatic heterocycles. The average Bonchev–Trinajstić information content (AvgIpc) is 2.10. The highest BCUT2D eigenvalue weighted by molar-refractivity contribution is 5.36.